The lowest BCUT2D eigenvalue weighted by atomic mass is 10.1. The Hall–Kier alpha value is -2.75. The second kappa shape index (κ2) is 6.20. The number of rotatable bonds is 4. The summed E-state index contributed by atoms with van der Waals surface area (Å²) in [5.74, 6) is -0.762. The molecular weight excluding hydrogens is 373 g/mol. The maximum Gasteiger partial charge on any atom is 0.433 e. The third-order valence-corrected chi connectivity index (χ3v) is 4.86. The molecule has 3 rings (SSSR count). The van der Waals surface area contributed by atoms with E-state index in [0.29, 0.717) is 34.1 Å². The Balaban J connectivity index is 2.26. The van der Waals surface area contributed by atoms with Crippen molar-refractivity contribution in [3.63, 3.8) is 0 Å². The number of fused-ring (bicyclic) bond motifs is 1. The summed E-state index contributed by atoms with van der Waals surface area (Å²) in [6.45, 7) is 1.46. The van der Waals surface area contributed by atoms with Crippen molar-refractivity contribution in [3.05, 3.63) is 34.5 Å². The highest BCUT2D eigenvalue weighted by molar-refractivity contribution is 7.19. The van der Waals surface area contributed by atoms with Crippen LogP contribution in [0.15, 0.2) is 18.2 Å². The number of ether oxygens (including phenoxy) is 2. The summed E-state index contributed by atoms with van der Waals surface area (Å²) in [5.41, 5.74) is -0.217. The lowest BCUT2D eigenvalue weighted by Crippen LogP contribution is -2.14. The number of halogens is 3. The molecule has 10 heteroatoms. The number of nitrogens with zero attached hydrogens (tertiary/aromatic N) is 2. The number of hydrogen-bond acceptors (Lipinski definition) is 5. The van der Waals surface area contributed by atoms with Gasteiger partial charge in [-0.3, -0.25) is 4.40 Å². The fraction of sp³-hybridized carbons (Fsp3) is 0.250. The molecule has 0 aliphatic rings. The molecule has 0 fully saturated rings. The fourth-order valence-electron chi connectivity index (χ4n) is 2.71. The van der Waals surface area contributed by atoms with Gasteiger partial charge in [0, 0.05) is 11.3 Å². The second-order valence-electron chi connectivity index (χ2n) is 5.32. The van der Waals surface area contributed by atoms with Gasteiger partial charge < -0.3 is 14.6 Å². The van der Waals surface area contributed by atoms with Gasteiger partial charge in [-0.05, 0) is 25.1 Å². The standard InChI is InChI=1S/C16H13F3N2O4S/c1-7-11(8-4-5-9(24-2)10(6-8)25-3)20-15-21(7)13(16(17,18)19)12(26-15)14(22)23/h4-6H,1-3H3,(H,22,23). The van der Waals surface area contributed by atoms with E-state index in [9.17, 15) is 18.0 Å². The van der Waals surface area contributed by atoms with Gasteiger partial charge in [-0.1, -0.05) is 11.3 Å². The van der Waals surface area contributed by atoms with Crippen molar-refractivity contribution in [1.82, 2.24) is 9.38 Å². The number of aromatic carboxylic acids is 1. The SMILES string of the molecule is COc1ccc(-c2nc3sc(C(=O)O)c(C(F)(F)F)n3c2C)cc1OC. The highest BCUT2D eigenvalue weighted by Gasteiger charge is 2.41. The van der Waals surface area contributed by atoms with Crippen molar-refractivity contribution >= 4 is 22.3 Å². The van der Waals surface area contributed by atoms with Crippen molar-refractivity contribution in [3.8, 4) is 22.8 Å². The van der Waals surface area contributed by atoms with E-state index in [0.717, 1.165) is 4.40 Å². The van der Waals surface area contributed by atoms with Crippen LogP contribution >= 0.6 is 11.3 Å². The molecule has 0 amide bonds. The average Bonchev–Trinajstić information content (AvgIpc) is 3.11. The maximum absolute atomic E-state index is 13.4. The number of methoxy groups -OCH3 is 2. The number of carboxylic acid groups (broad SMARTS) is 1. The average molecular weight is 386 g/mol. The van der Waals surface area contributed by atoms with Crippen molar-refractivity contribution in [2.45, 2.75) is 13.1 Å². The maximum atomic E-state index is 13.4. The summed E-state index contributed by atoms with van der Waals surface area (Å²) in [4.78, 5) is 14.6. The molecular formula is C16H13F3N2O4S. The summed E-state index contributed by atoms with van der Waals surface area (Å²) < 4.78 is 51.5. The van der Waals surface area contributed by atoms with Gasteiger partial charge in [0.05, 0.1) is 19.9 Å². The van der Waals surface area contributed by atoms with Gasteiger partial charge >= 0.3 is 12.1 Å². The van der Waals surface area contributed by atoms with Crippen LogP contribution in [0.25, 0.3) is 16.2 Å². The Morgan fingerprint density at radius 3 is 2.42 bits per heavy atom. The predicted octanol–water partition coefficient (Wildman–Crippen LogP) is 4.11. The van der Waals surface area contributed by atoms with Gasteiger partial charge in [-0.15, -0.1) is 0 Å². The van der Waals surface area contributed by atoms with Gasteiger partial charge in [-0.25, -0.2) is 9.78 Å². The zero-order valence-corrected chi connectivity index (χ0v) is 14.7. The van der Waals surface area contributed by atoms with Crippen molar-refractivity contribution in [2.24, 2.45) is 0 Å². The van der Waals surface area contributed by atoms with E-state index in [4.69, 9.17) is 14.6 Å². The minimum absolute atomic E-state index is 0.0444. The molecule has 138 valence electrons. The van der Waals surface area contributed by atoms with Crippen molar-refractivity contribution in [1.29, 1.82) is 0 Å². The molecule has 0 unspecified atom stereocenters. The summed E-state index contributed by atoms with van der Waals surface area (Å²) >= 11 is 0.483. The Morgan fingerprint density at radius 1 is 1.23 bits per heavy atom. The highest BCUT2D eigenvalue weighted by atomic mass is 32.1. The van der Waals surface area contributed by atoms with Crippen LogP contribution in [0, 0.1) is 6.92 Å². The molecule has 3 aromatic rings. The van der Waals surface area contributed by atoms with E-state index in [-0.39, 0.29) is 10.7 Å². The quantitative estimate of drug-likeness (QED) is 0.731. The molecule has 6 nitrogen and oxygen atoms in total. The first kappa shape index (κ1) is 18.1. The first-order valence-corrected chi connectivity index (χ1v) is 8.05. The topological polar surface area (TPSA) is 73.1 Å². The number of thiazole rings is 1. The zero-order valence-electron chi connectivity index (χ0n) is 13.8. The lowest BCUT2D eigenvalue weighted by molar-refractivity contribution is -0.142. The number of hydrogen-bond donors (Lipinski definition) is 1. The first-order chi connectivity index (χ1) is 12.2. The molecule has 0 aliphatic heterocycles. The Bertz CT molecular complexity index is 1010. The molecule has 0 atom stereocenters. The second-order valence-corrected chi connectivity index (χ2v) is 6.29. The summed E-state index contributed by atoms with van der Waals surface area (Å²) in [6.07, 6.45) is -4.83. The largest absolute Gasteiger partial charge is 0.493 e. The third kappa shape index (κ3) is 2.75. The highest BCUT2D eigenvalue weighted by Crippen LogP contribution is 2.40. The number of imidazole rings is 1. The number of benzene rings is 1. The smallest absolute Gasteiger partial charge is 0.433 e. The molecule has 26 heavy (non-hydrogen) atoms. The van der Waals surface area contributed by atoms with Crippen LogP contribution in [0.4, 0.5) is 13.2 Å². The van der Waals surface area contributed by atoms with Gasteiger partial charge in [0.25, 0.3) is 0 Å². The monoisotopic (exact) mass is 386 g/mol. The molecule has 0 radical (unpaired) electrons. The van der Waals surface area contributed by atoms with E-state index in [1.165, 1.54) is 21.1 Å². The number of aryl methyl sites for hydroxylation is 1. The lowest BCUT2D eigenvalue weighted by Gasteiger charge is -2.10. The van der Waals surface area contributed by atoms with Gasteiger partial charge in [0.1, 0.15) is 4.88 Å². The van der Waals surface area contributed by atoms with Crippen LogP contribution in [-0.2, 0) is 6.18 Å². The Morgan fingerprint density at radius 2 is 1.88 bits per heavy atom. The minimum Gasteiger partial charge on any atom is -0.493 e. The van der Waals surface area contributed by atoms with Crippen LogP contribution in [0.5, 0.6) is 11.5 Å². The van der Waals surface area contributed by atoms with E-state index >= 15 is 0 Å². The molecule has 0 spiro atoms. The van der Waals surface area contributed by atoms with Gasteiger partial charge in [0.2, 0.25) is 0 Å². The first-order valence-electron chi connectivity index (χ1n) is 7.23. The van der Waals surface area contributed by atoms with Crippen LogP contribution in [-0.4, -0.2) is 34.7 Å². The molecule has 1 aromatic carbocycles. The van der Waals surface area contributed by atoms with E-state index in [2.05, 4.69) is 4.98 Å². The van der Waals surface area contributed by atoms with E-state index in [1.807, 2.05) is 0 Å². The van der Waals surface area contributed by atoms with Crippen molar-refractivity contribution in [2.75, 3.05) is 14.2 Å². The minimum atomic E-state index is -4.83. The Labute approximate surface area is 149 Å². The summed E-state index contributed by atoms with van der Waals surface area (Å²) in [7, 11) is 2.92. The fourth-order valence-corrected chi connectivity index (χ4v) is 3.74. The summed E-state index contributed by atoms with van der Waals surface area (Å²) in [5, 5.41) is 9.09. The predicted molar refractivity (Wildman–Crippen MR) is 88.3 cm³/mol. The van der Waals surface area contributed by atoms with E-state index < -0.39 is 22.7 Å². The van der Waals surface area contributed by atoms with Crippen LogP contribution in [0.1, 0.15) is 21.1 Å². The zero-order chi connectivity index (χ0) is 19.2. The number of aromatic nitrogens is 2. The number of carbonyl (C=O) groups is 1. The summed E-state index contributed by atoms with van der Waals surface area (Å²) in [6, 6.07) is 4.87. The number of carboxylic acids is 1. The molecule has 0 aliphatic carbocycles. The molecule has 0 saturated heterocycles. The van der Waals surface area contributed by atoms with Crippen LogP contribution in [0.3, 0.4) is 0 Å². The number of alkyl halides is 3. The Kier molecular flexibility index (Phi) is 4.31. The molecule has 2 heterocycles. The third-order valence-electron chi connectivity index (χ3n) is 3.83. The van der Waals surface area contributed by atoms with Crippen LogP contribution in [0.2, 0.25) is 0 Å². The van der Waals surface area contributed by atoms with E-state index in [1.54, 1.807) is 18.2 Å². The normalized spacial score (nSPS) is 11.8. The van der Waals surface area contributed by atoms with Gasteiger partial charge in [0.15, 0.2) is 22.2 Å². The van der Waals surface area contributed by atoms with Gasteiger partial charge in [-0.2, -0.15) is 13.2 Å². The molecule has 1 N–H and O–H groups in total. The van der Waals surface area contributed by atoms with Crippen molar-refractivity contribution < 1.29 is 32.5 Å². The molecule has 2 aromatic heterocycles. The molecule has 0 bridgehead atoms. The molecule has 0 saturated carbocycles. The van der Waals surface area contributed by atoms with Crippen LogP contribution < -0.4 is 9.47 Å².